The molecule has 0 N–H and O–H groups in total. The number of benzene rings is 7. The molecule has 3 heterocycles. The largest absolute Gasteiger partial charge is 0.375 e. The van der Waals surface area contributed by atoms with E-state index in [1.54, 1.807) is 0 Å². The zero-order valence-electron chi connectivity index (χ0n) is 30.6. The summed E-state index contributed by atoms with van der Waals surface area (Å²) < 4.78 is 2.63. The highest BCUT2D eigenvalue weighted by atomic mass is 15.2. The Morgan fingerprint density at radius 1 is 0.500 bits per heavy atom. The quantitative estimate of drug-likeness (QED) is 0.173. The van der Waals surface area contributed by atoms with E-state index in [9.17, 15) is 0 Å². The molecule has 1 aromatic heterocycles. The second kappa shape index (κ2) is 11.3. The molecule has 3 nitrogen and oxygen atoms in total. The van der Waals surface area contributed by atoms with E-state index < -0.39 is 0 Å². The molecule has 0 saturated carbocycles. The topological polar surface area (TPSA) is 11.4 Å². The maximum absolute atomic E-state index is 2.63. The van der Waals surface area contributed by atoms with Gasteiger partial charge in [0.1, 0.15) is 0 Å². The lowest BCUT2D eigenvalue weighted by atomic mass is 9.45. The normalized spacial score (nSPS) is 12.7. The van der Waals surface area contributed by atoms with E-state index in [1.165, 1.54) is 106 Å². The lowest BCUT2D eigenvalue weighted by Crippen LogP contribution is -2.56. The summed E-state index contributed by atoms with van der Waals surface area (Å²) in [7, 11) is 0. The highest BCUT2D eigenvalue weighted by Gasteiger charge is 2.43. The fraction of sp³-hybridized carbons (Fsp3) is 0.125. The van der Waals surface area contributed by atoms with Crippen LogP contribution in [0.2, 0.25) is 0 Å². The van der Waals surface area contributed by atoms with Crippen LogP contribution in [-0.2, 0) is 0 Å². The number of aromatic nitrogens is 1. The number of nitrogens with zero attached hydrogens (tertiary/aromatic N) is 3. The zero-order chi connectivity index (χ0) is 35.4. The van der Waals surface area contributed by atoms with Crippen LogP contribution in [0.4, 0.5) is 34.1 Å². The Morgan fingerprint density at radius 2 is 1.10 bits per heavy atom. The van der Waals surface area contributed by atoms with Gasteiger partial charge in [0.15, 0.2) is 0 Å². The van der Waals surface area contributed by atoms with Crippen LogP contribution in [0.1, 0.15) is 33.4 Å². The van der Waals surface area contributed by atoms with Crippen molar-refractivity contribution < 1.29 is 0 Å². The van der Waals surface area contributed by atoms with Crippen molar-refractivity contribution in [2.24, 2.45) is 0 Å². The molecular weight excluding hydrogens is 629 g/mol. The average molecular weight is 670 g/mol. The molecule has 0 unspecified atom stereocenters. The van der Waals surface area contributed by atoms with E-state index in [0.29, 0.717) is 0 Å². The first kappa shape index (κ1) is 30.8. The summed E-state index contributed by atoms with van der Waals surface area (Å²) in [6, 6.07) is 50.1. The van der Waals surface area contributed by atoms with Gasteiger partial charge in [0.05, 0.1) is 11.4 Å². The molecule has 0 amide bonds. The van der Waals surface area contributed by atoms with Gasteiger partial charge in [-0.2, -0.15) is 0 Å². The van der Waals surface area contributed by atoms with Crippen LogP contribution in [0.5, 0.6) is 0 Å². The zero-order valence-corrected chi connectivity index (χ0v) is 30.6. The molecule has 2 aliphatic rings. The molecule has 0 saturated heterocycles. The van der Waals surface area contributed by atoms with Crippen molar-refractivity contribution in [3.05, 3.63) is 167 Å². The van der Waals surface area contributed by atoms with Crippen molar-refractivity contribution in [2.45, 2.75) is 41.5 Å². The molecular formula is C48H40BN3. The van der Waals surface area contributed by atoms with E-state index in [4.69, 9.17) is 0 Å². The van der Waals surface area contributed by atoms with Crippen LogP contribution >= 0.6 is 0 Å². The average Bonchev–Trinajstić information content (AvgIpc) is 3.47. The van der Waals surface area contributed by atoms with Gasteiger partial charge in [-0.1, -0.05) is 108 Å². The van der Waals surface area contributed by atoms with Crippen molar-refractivity contribution in [2.75, 3.05) is 9.80 Å². The number of anilines is 6. The molecule has 2 aliphatic heterocycles. The van der Waals surface area contributed by atoms with E-state index in [0.717, 1.165) is 5.69 Å². The molecule has 8 aromatic rings. The Kier molecular flexibility index (Phi) is 6.66. The minimum atomic E-state index is 0.0201. The second-order valence-corrected chi connectivity index (χ2v) is 15.0. The molecule has 0 radical (unpaired) electrons. The van der Waals surface area contributed by atoms with Gasteiger partial charge in [0.25, 0.3) is 0 Å². The fourth-order valence-electron chi connectivity index (χ4n) is 9.74. The molecule has 7 aromatic carbocycles. The Labute approximate surface area is 306 Å². The molecule has 0 aliphatic carbocycles. The molecule has 4 heteroatoms. The molecule has 10 rings (SSSR count). The van der Waals surface area contributed by atoms with Gasteiger partial charge in [-0.25, -0.2) is 0 Å². The van der Waals surface area contributed by atoms with Gasteiger partial charge in [-0.05, 0) is 117 Å². The SMILES string of the molecule is Cc1cc(C)c(N(c2cc3c4c(c2)N(c2ccccc2)c2ccccc2B4n2c4ccccc4c4cccc-3c42)c2c(C)cc(C)cc2C)c(C)c1. The van der Waals surface area contributed by atoms with Crippen molar-refractivity contribution in [3.8, 4) is 11.1 Å². The van der Waals surface area contributed by atoms with Gasteiger partial charge in [-0.15, -0.1) is 0 Å². The summed E-state index contributed by atoms with van der Waals surface area (Å²) in [5.41, 5.74) is 22.7. The van der Waals surface area contributed by atoms with Gasteiger partial charge in [0.2, 0.25) is 0 Å². The molecule has 52 heavy (non-hydrogen) atoms. The summed E-state index contributed by atoms with van der Waals surface area (Å²) in [6.07, 6.45) is 0. The first-order valence-electron chi connectivity index (χ1n) is 18.4. The Morgan fingerprint density at radius 3 is 1.79 bits per heavy atom. The third-order valence-corrected chi connectivity index (χ3v) is 11.4. The Hall–Kier alpha value is -6.00. The van der Waals surface area contributed by atoms with Gasteiger partial charge < -0.3 is 14.3 Å². The number of fused-ring (bicyclic) bond motifs is 7. The van der Waals surface area contributed by atoms with E-state index >= 15 is 0 Å². The Bertz CT molecular complexity index is 2670. The highest BCUT2D eigenvalue weighted by Crippen LogP contribution is 2.50. The second-order valence-electron chi connectivity index (χ2n) is 15.0. The molecule has 0 atom stereocenters. The molecule has 250 valence electrons. The summed E-state index contributed by atoms with van der Waals surface area (Å²) in [5.74, 6) is 0. The van der Waals surface area contributed by atoms with Crippen molar-refractivity contribution in [3.63, 3.8) is 0 Å². The molecule has 0 spiro atoms. The van der Waals surface area contributed by atoms with E-state index in [-0.39, 0.29) is 6.85 Å². The van der Waals surface area contributed by atoms with Gasteiger partial charge in [0, 0.05) is 50.1 Å². The smallest absolute Gasteiger partial charge is 0.333 e. The first-order chi connectivity index (χ1) is 25.3. The standard InChI is InChI=1S/C48H40BN3/c1-29-23-31(3)46(32(4)24-29)51(47-33(5)25-30(2)26-34(47)6)36-27-40-39-19-14-18-38-37-17-10-12-21-42(37)52(48(38)39)49-41-20-11-13-22-43(41)50(44(28-36)45(40)49)35-15-8-7-9-16-35/h7-28H,1-6H3. The molecule has 0 bridgehead atoms. The number of hydrogen-bond acceptors (Lipinski definition) is 2. The van der Waals surface area contributed by atoms with E-state index in [1.807, 2.05) is 0 Å². The number of hydrogen-bond donors (Lipinski definition) is 0. The lowest BCUT2D eigenvalue weighted by Gasteiger charge is -2.42. The summed E-state index contributed by atoms with van der Waals surface area (Å²) in [6.45, 7) is 13.5. The van der Waals surface area contributed by atoms with Gasteiger partial charge >= 0.3 is 6.85 Å². The van der Waals surface area contributed by atoms with Crippen molar-refractivity contribution in [1.82, 2.24) is 4.48 Å². The van der Waals surface area contributed by atoms with Crippen LogP contribution in [0.25, 0.3) is 32.9 Å². The number of rotatable bonds is 4. The lowest BCUT2D eigenvalue weighted by molar-refractivity contribution is 1.16. The predicted molar refractivity (Wildman–Crippen MR) is 223 cm³/mol. The summed E-state index contributed by atoms with van der Waals surface area (Å²) in [4.78, 5) is 5.07. The highest BCUT2D eigenvalue weighted by molar-refractivity contribution is 6.90. The monoisotopic (exact) mass is 669 g/mol. The maximum atomic E-state index is 2.63. The van der Waals surface area contributed by atoms with E-state index in [2.05, 4.69) is 189 Å². The third-order valence-electron chi connectivity index (χ3n) is 11.4. The van der Waals surface area contributed by atoms with Crippen LogP contribution in [0.15, 0.2) is 133 Å². The third kappa shape index (κ3) is 4.27. The number of aryl methyl sites for hydroxylation is 6. The number of para-hydroxylation sites is 4. The minimum absolute atomic E-state index is 0.0201. The van der Waals surface area contributed by atoms with Crippen LogP contribution in [-0.4, -0.2) is 11.3 Å². The van der Waals surface area contributed by atoms with Crippen molar-refractivity contribution in [1.29, 1.82) is 0 Å². The minimum Gasteiger partial charge on any atom is -0.375 e. The van der Waals surface area contributed by atoms with Crippen molar-refractivity contribution >= 4 is 73.7 Å². The van der Waals surface area contributed by atoms with Crippen LogP contribution in [0, 0.1) is 41.5 Å². The van der Waals surface area contributed by atoms with Crippen LogP contribution in [0.3, 0.4) is 0 Å². The summed E-state index contributed by atoms with van der Waals surface area (Å²) >= 11 is 0. The maximum Gasteiger partial charge on any atom is 0.333 e. The molecule has 0 fully saturated rings. The van der Waals surface area contributed by atoms with Crippen LogP contribution < -0.4 is 20.7 Å². The summed E-state index contributed by atoms with van der Waals surface area (Å²) in [5, 5.41) is 2.61. The fourth-order valence-corrected chi connectivity index (χ4v) is 9.74. The van der Waals surface area contributed by atoms with Gasteiger partial charge in [-0.3, -0.25) is 0 Å². The Balaban J connectivity index is 1.39. The first-order valence-corrected chi connectivity index (χ1v) is 18.4. The predicted octanol–water partition coefficient (Wildman–Crippen LogP) is 11.5.